The molecule has 0 bridgehead atoms. The molecule has 0 aliphatic carbocycles. The molecule has 6 nitrogen and oxygen atoms in total. The molecule has 2 aromatic rings. The molecule has 1 heterocycles. The Balaban J connectivity index is 1.58. The van der Waals surface area contributed by atoms with Gasteiger partial charge < -0.3 is 19.7 Å². The summed E-state index contributed by atoms with van der Waals surface area (Å²) in [6.45, 7) is 7.01. The molecule has 1 saturated heterocycles. The molecule has 1 atom stereocenters. The van der Waals surface area contributed by atoms with E-state index in [-0.39, 0.29) is 30.3 Å². The second-order valence-electron chi connectivity index (χ2n) is 7.43. The maximum atomic E-state index is 12.6. The third-order valence-corrected chi connectivity index (χ3v) is 4.61. The van der Waals surface area contributed by atoms with Crippen molar-refractivity contribution in [1.82, 2.24) is 0 Å². The van der Waals surface area contributed by atoms with Gasteiger partial charge in [-0.25, -0.2) is 0 Å². The van der Waals surface area contributed by atoms with Crippen molar-refractivity contribution in [2.45, 2.75) is 39.7 Å². The zero-order valence-corrected chi connectivity index (χ0v) is 17.2. The number of carbonyl (C=O) groups is 2. The van der Waals surface area contributed by atoms with Crippen molar-refractivity contribution in [2.75, 3.05) is 23.4 Å². The monoisotopic (exact) mass is 396 g/mol. The fourth-order valence-electron chi connectivity index (χ4n) is 3.21. The number of hydrogen-bond donors (Lipinski definition) is 1. The van der Waals surface area contributed by atoms with Crippen LogP contribution in [0.4, 0.5) is 11.4 Å². The normalized spacial score (nSPS) is 16.2. The Morgan fingerprint density at radius 2 is 1.76 bits per heavy atom. The van der Waals surface area contributed by atoms with E-state index in [9.17, 15) is 9.59 Å². The first-order valence-electron chi connectivity index (χ1n) is 10.1. The summed E-state index contributed by atoms with van der Waals surface area (Å²) in [5.41, 5.74) is 1.47. The van der Waals surface area contributed by atoms with Crippen LogP contribution in [0.2, 0.25) is 0 Å². The lowest BCUT2D eigenvalue weighted by atomic mass is 10.1. The fourth-order valence-corrected chi connectivity index (χ4v) is 3.21. The van der Waals surface area contributed by atoms with E-state index in [0.717, 1.165) is 23.6 Å². The number of benzene rings is 2. The average molecular weight is 396 g/mol. The van der Waals surface area contributed by atoms with Gasteiger partial charge in [0, 0.05) is 24.3 Å². The largest absolute Gasteiger partial charge is 0.494 e. The van der Waals surface area contributed by atoms with Crippen LogP contribution in [0, 0.1) is 5.92 Å². The Morgan fingerprint density at radius 1 is 1.10 bits per heavy atom. The number of nitrogens with one attached hydrogen (secondary N) is 1. The molecule has 1 aliphatic rings. The quantitative estimate of drug-likeness (QED) is 0.724. The minimum atomic E-state index is -0.384. The molecule has 0 aromatic heterocycles. The van der Waals surface area contributed by atoms with Crippen LogP contribution in [0.3, 0.4) is 0 Å². The molecule has 154 valence electrons. The number of rotatable bonds is 8. The van der Waals surface area contributed by atoms with Crippen molar-refractivity contribution in [1.29, 1.82) is 0 Å². The number of amides is 2. The Hall–Kier alpha value is -3.02. The van der Waals surface area contributed by atoms with Gasteiger partial charge in [-0.1, -0.05) is 6.92 Å². The summed E-state index contributed by atoms with van der Waals surface area (Å²) in [7, 11) is 0. The lowest BCUT2D eigenvalue weighted by molar-refractivity contribution is -0.122. The van der Waals surface area contributed by atoms with Crippen LogP contribution in [0.1, 0.15) is 33.6 Å². The summed E-state index contributed by atoms with van der Waals surface area (Å²) < 4.78 is 11.2. The smallest absolute Gasteiger partial charge is 0.229 e. The molecule has 3 rings (SSSR count). The molecule has 29 heavy (non-hydrogen) atoms. The lowest BCUT2D eigenvalue weighted by Gasteiger charge is -2.17. The van der Waals surface area contributed by atoms with Gasteiger partial charge in [0.2, 0.25) is 11.8 Å². The van der Waals surface area contributed by atoms with Crippen molar-refractivity contribution in [2.24, 2.45) is 5.92 Å². The van der Waals surface area contributed by atoms with Gasteiger partial charge >= 0.3 is 0 Å². The van der Waals surface area contributed by atoms with Crippen molar-refractivity contribution in [3.05, 3.63) is 48.5 Å². The van der Waals surface area contributed by atoms with Gasteiger partial charge in [-0.15, -0.1) is 0 Å². The molecular weight excluding hydrogens is 368 g/mol. The van der Waals surface area contributed by atoms with Crippen molar-refractivity contribution in [3.63, 3.8) is 0 Å². The Kier molecular flexibility index (Phi) is 6.75. The number of carbonyl (C=O) groups excluding carboxylic acids is 2. The fraction of sp³-hybridized carbons (Fsp3) is 0.391. The Bertz CT molecular complexity index is 831. The van der Waals surface area contributed by atoms with Crippen LogP contribution in [-0.4, -0.2) is 31.1 Å². The van der Waals surface area contributed by atoms with Gasteiger partial charge in [-0.3, -0.25) is 9.59 Å². The van der Waals surface area contributed by atoms with Gasteiger partial charge in [0.25, 0.3) is 0 Å². The highest BCUT2D eigenvalue weighted by molar-refractivity contribution is 6.03. The molecule has 0 spiro atoms. The van der Waals surface area contributed by atoms with E-state index < -0.39 is 0 Å². The van der Waals surface area contributed by atoms with Crippen LogP contribution < -0.4 is 19.7 Å². The van der Waals surface area contributed by atoms with E-state index in [2.05, 4.69) is 12.2 Å². The van der Waals surface area contributed by atoms with E-state index in [1.54, 1.807) is 17.0 Å². The third kappa shape index (κ3) is 5.50. The molecule has 1 N–H and O–H groups in total. The molecule has 6 heteroatoms. The molecule has 0 unspecified atom stereocenters. The van der Waals surface area contributed by atoms with Crippen LogP contribution in [0.25, 0.3) is 0 Å². The third-order valence-electron chi connectivity index (χ3n) is 4.61. The maximum absolute atomic E-state index is 12.6. The van der Waals surface area contributed by atoms with E-state index >= 15 is 0 Å². The number of hydrogen-bond acceptors (Lipinski definition) is 4. The standard InChI is InChI=1S/C23H28N2O4/c1-4-13-28-20-11-7-19(8-12-20)25-15-17(14-22(25)26)23(27)24-18-5-9-21(10-6-18)29-16(2)3/h5-12,16-17H,4,13-15H2,1-3H3,(H,24,27)/t17-/m1/s1. The first-order valence-corrected chi connectivity index (χ1v) is 10.1. The average Bonchev–Trinajstić information content (AvgIpc) is 3.10. The zero-order chi connectivity index (χ0) is 20.8. The van der Waals surface area contributed by atoms with Crippen LogP contribution >= 0.6 is 0 Å². The predicted molar refractivity (Wildman–Crippen MR) is 114 cm³/mol. The van der Waals surface area contributed by atoms with Crippen molar-refractivity contribution in [3.8, 4) is 11.5 Å². The predicted octanol–water partition coefficient (Wildman–Crippen LogP) is 4.25. The highest BCUT2D eigenvalue weighted by atomic mass is 16.5. The summed E-state index contributed by atoms with van der Waals surface area (Å²) in [4.78, 5) is 26.7. The Labute approximate surface area is 171 Å². The summed E-state index contributed by atoms with van der Waals surface area (Å²) in [5.74, 6) is 0.951. The van der Waals surface area contributed by atoms with E-state index in [1.165, 1.54) is 0 Å². The minimum absolute atomic E-state index is 0.0481. The van der Waals surface area contributed by atoms with E-state index in [4.69, 9.17) is 9.47 Å². The van der Waals surface area contributed by atoms with Crippen molar-refractivity contribution >= 4 is 23.2 Å². The summed E-state index contributed by atoms with van der Waals surface area (Å²) in [6, 6.07) is 14.7. The zero-order valence-electron chi connectivity index (χ0n) is 17.2. The molecule has 1 fully saturated rings. The first kappa shape index (κ1) is 20.7. The Morgan fingerprint density at radius 3 is 2.38 bits per heavy atom. The summed E-state index contributed by atoms with van der Waals surface area (Å²) in [5, 5.41) is 2.90. The van der Waals surface area contributed by atoms with Gasteiger partial charge in [0.05, 0.1) is 18.6 Å². The van der Waals surface area contributed by atoms with Gasteiger partial charge in [-0.2, -0.15) is 0 Å². The minimum Gasteiger partial charge on any atom is -0.494 e. The molecule has 0 radical (unpaired) electrons. The van der Waals surface area contributed by atoms with Gasteiger partial charge in [-0.05, 0) is 68.8 Å². The summed E-state index contributed by atoms with van der Waals surface area (Å²) in [6.07, 6.45) is 1.24. The molecule has 1 aliphatic heterocycles. The van der Waals surface area contributed by atoms with Crippen LogP contribution in [-0.2, 0) is 9.59 Å². The number of ether oxygens (including phenoxy) is 2. The highest BCUT2D eigenvalue weighted by Crippen LogP contribution is 2.28. The van der Waals surface area contributed by atoms with Gasteiger partial charge in [0.1, 0.15) is 11.5 Å². The SMILES string of the molecule is CCCOc1ccc(N2C[C@H](C(=O)Nc3ccc(OC(C)C)cc3)CC2=O)cc1. The molecule has 0 saturated carbocycles. The molecule has 2 amide bonds. The topological polar surface area (TPSA) is 67.9 Å². The second kappa shape index (κ2) is 9.45. The first-order chi connectivity index (χ1) is 14.0. The van der Waals surface area contributed by atoms with E-state index in [0.29, 0.717) is 18.8 Å². The second-order valence-corrected chi connectivity index (χ2v) is 7.43. The maximum Gasteiger partial charge on any atom is 0.229 e. The van der Waals surface area contributed by atoms with Crippen molar-refractivity contribution < 1.29 is 19.1 Å². The molecular formula is C23H28N2O4. The number of anilines is 2. The van der Waals surface area contributed by atoms with Crippen LogP contribution in [0.5, 0.6) is 11.5 Å². The molecule has 2 aromatic carbocycles. The number of nitrogens with zero attached hydrogens (tertiary/aromatic N) is 1. The van der Waals surface area contributed by atoms with Gasteiger partial charge in [0.15, 0.2) is 0 Å². The van der Waals surface area contributed by atoms with Crippen LogP contribution in [0.15, 0.2) is 48.5 Å². The lowest BCUT2D eigenvalue weighted by Crippen LogP contribution is -2.28. The van der Waals surface area contributed by atoms with E-state index in [1.807, 2.05) is 50.2 Å². The summed E-state index contributed by atoms with van der Waals surface area (Å²) >= 11 is 0. The highest BCUT2D eigenvalue weighted by Gasteiger charge is 2.35.